The molecule has 0 radical (unpaired) electrons. The molecule has 1 atom stereocenters. The fourth-order valence-corrected chi connectivity index (χ4v) is 1.26. The summed E-state index contributed by atoms with van der Waals surface area (Å²) in [5.74, 6) is -0.491. The van der Waals surface area contributed by atoms with Gasteiger partial charge in [-0.05, 0) is 5.92 Å². The molecule has 1 aromatic heterocycles. The van der Waals surface area contributed by atoms with Crippen LogP contribution in [0, 0.1) is 5.92 Å². The first-order chi connectivity index (χ1) is 6.37. The average molecular weight is 207 g/mol. The minimum absolute atomic E-state index is 0.233. The van der Waals surface area contributed by atoms with Gasteiger partial charge in [-0.3, -0.25) is 4.68 Å². The molecule has 0 amide bonds. The maximum atomic E-state index is 12.0. The van der Waals surface area contributed by atoms with Gasteiger partial charge in [0.1, 0.15) is 0 Å². The van der Waals surface area contributed by atoms with Crippen LogP contribution in [-0.4, -0.2) is 16.0 Å². The molecule has 3 nitrogen and oxygen atoms in total. The van der Waals surface area contributed by atoms with E-state index in [2.05, 4.69) is 5.10 Å². The Balaban J connectivity index is 2.45. The molecule has 6 heteroatoms. The van der Waals surface area contributed by atoms with Crippen LogP contribution in [0.4, 0.5) is 18.9 Å². The second kappa shape index (κ2) is 3.89. The van der Waals surface area contributed by atoms with Crippen LogP contribution in [0.3, 0.4) is 0 Å². The normalized spacial score (nSPS) is 14.3. The van der Waals surface area contributed by atoms with E-state index in [0.717, 1.165) is 0 Å². The zero-order valence-corrected chi connectivity index (χ0v) is 7.75. The maximum Gasteiger partial charge on any atom is 0.389 e. The summed E-state index contributed by atoms with van der Waals surface area (Å²) in [6.45, 7) is 1.77. The van der Waals surface area contributed by atoms with Gasteiger partial charge in [0.15, 0.2) is 0 Å². The van der Waals surface area contributed by atoms with E-state index in [-0.39, 0.29) is 6.54 Å². The molecule has 80 valence electrons. The van der Waals surface area contributed by atoms with Crippen molar-refractivity contribution in [1.29, 1.82) is 0 Å². The maximum absolute atomic E-state index is 12.0. The van der Waals surface area contributed by atoms with Crippen molar-refractivity contribution in [2.75, 3.05) is 5.73 Å². The summed E-state index contributed by atoms with van der Waals surface area (Å²) in [5.41, 5.74) is 5.84. The van der Waals surface area contributed by atoms with E-state index >= 15 is 0 Å². The van der Waals surface area contributed by atoms with Crippen LogP contribution in [-0.2, 0) is 6.54 Å². The Morgan fingerprint density at radius 1 is 1.57 bits per heavy atom. The van der Waals surface area contributed by atoms with Gasteiger partial charge in [-0.25, -0.2) is 0 Å². The molecule has 0 bridgehead atoms. The van der Waals surface area contributed by atoms with Gasteiger partial charge in [-0.1, -0.05) is 6.92 Å². The van der Waals surface area contributed by atoms with Crippen molar-refractivity contribution in [2.45, 2.75) is 26.1 Å². The topological polar surface area (TPSA) is 43.8 Å². The zero-order chi connectivity index (χ0) is 10.8. The van der Waals surface area contributed by atoms with Crippen LogP contribution in [0.25, 0.3) is 0 Å². The summed E-state index contributed by atoms with van der Waals surface area (Å²) in [7, 11) is 0. The van der Waals surface area contributed by atoms with E-state index in [1.165, 1.54) is 24.0 Å². The van der Waals surface area contributed by atoms with Crippen molar-refractivity contribution >= 4 is 5.69 Å². The summed E-state index contributed by atoms with van der Waals surface area (Å²) < 4.78 is 37.3. The number of rotatable bonds is 3. The number of nitrogens with two attached hydrogens (primary N) is 1. The van der Waals surface area contributed by atoms with Gasteiger partial charge >= 0.3 is 6.18 Å². The molecule has 1 aromatic rings. The van der Waals surface area contributed by atoms with Crippen LogP contribution in [0.15, 0.2) is 12.4 Å². The summed E-state index contributed by atoms with van der Waals surface area (Å²) in [4.78, 5) is 0. The molecule has 1 heterocycles. The second-order valence-electron chi connectivity index (χ2n) is 3.42. The van der Waals surface area contributed by atoms with Gasteiger partial charge < -0.3 is 5.73 Å². The Labute approximate surface area is 79.7 Å². The molecule has 0 saturated carbocycles. The van der Waals surface area contributed by atoms with Gasteiger partial charge in [0.2, 0.25) is 0 Å². The van der Waals surface area contributed by atoms with Crippen LogP contribution in [0.2, 0.25) is 0 Å². The van der Waals surface area contributed by atoms with Crippen molar-refractivity contribution in [3.63, 3.8) is 0 Å². The van der Waals surface area contributed by atoms with E-state index in [9.17, 15) is 13.2 Å². The minimum atomic E-state index is -4.11. The fourth-order valence-electron chi connectivity index (χ4n) is 1.26. The number of hydrogen-bond donors (Lipinski definition) is 1. The number of nitrogens with zero attached hydrogens (tertiary/aromatic N) is 2. The number of alkyl halides is 3. The number of anilines is 1. The number of nitrogen functional groups attached to an aromatic ring is 1. The standard InChI is InChI=1S/C8H12F3N3/c1-6(2-8(9,10)11)4-14-5-7(12)3-13-14/h3,5-6H,2,4,12H2,1H3. The first kappa shape index (κ1) is 10.9. The molecule has 0 aliphatic heterocycles. The van der Waals surface area contributed by atoms with Gasteiger partial charge in [0, 0.05) is 19.2 Å². The first-order valence-electron chi connectivity index (χ1n) is 4.21. The zero-order valence-electron chi connectivity index (χ0n) is 7.75. The highest BCUT2D eigenvalue weighted by Gasteiger charge is 2.29. The summed E-state index contributed by atoms with van der Waals surface area (Å²) in [6, 6.07) is 0. The Bertz CT molecular complexity index is 292. The molecular weight excluding hydrogens is 195 g/mol. The molecule has 1 unspecified atom stereocenters. The van der Waals surface area contributed by atoms with Crippen molar-refractivity contribution in [2.24, 2.45) is 5.92 Å². The molecular formula is C8H12F3N3. The molecule has 1 rings (SSSR count). The predicted molar refractivity (Wildman–Crippen MR) is 46.5 cm³/mol. The third-order valence-corrected chi connectivity index (χ3v) is 1.73. The van der Waals surface area contributed by atoms with Gasteiger partial charge in [-0.2, -0.15) is 18.3 Å². The number of halogens is 3. The molecule has 0 saturated heterocycles. The molecule has 0 aromatic carbocycles. The fraction of sp³-hybridized carbons (Fsp3) is 0.625. The van der Waals surface area contributed by atoms with Gasteiger partial charge in [0.25, 0.3) is 0 Å². The van der Waals surface area contributed by atoms with Crippen molar-refractivity contribution in [1.82, 2.24) is 9.78 Å². The van der Waals surface area contributed by atoms with Crippen molar-refractivity contribution in [3.8, 4) is 0 Å². The summed E-state index contributed by atoms with van der Waals surface area (Å²) in [6.07, 6.45) is -1.97. The molecule has 0 aliphatic rings. The van der Waals surface area contributed by atoms with Crippen LogP contribution in [0.5, 0.6) is 0 Å². The van der Waals surface area contributed by atoms with Gasteiger partial charge in [-0.15, -0.1) is 0 Å². The Morgan fingerprint density at radius 3 is 2.64 bits per heavy atom. The molecule has 0 fully saturated rings. The van der Waals surface area contributed by atoms with Crippen LogP contribution < -0.4 is 5.73 Å². The lowest BCUT2D eigenvalue weighted by Crippen LogP contribution is -2.17. The van der Waals surface area contributed by atoms with E-state index in [0.29, 0.717) is 5.69 Å². The number of hydrogen-bond acceptors (Lipinski definition) is 2. The Kier molecular flexibility index (Phi) is 3.03. The Morgan fingerprint density at radius 2 is 2.21 bits per heavy atom. The largest absolute Gasteiger partial charge is 0.396 e. The van der Waals surface area contributed by atoms with E-state index in [1.54, 1.807) is 0 Å². The monoisotopic (exact) mass is 207 g/mol. The SMILES string of the molecule is CC(Cn1cc(N)cn1)CC(F)(F)F. The van der Waals surface area contributed by atoms with Crippen LogP contribution >= 0.6 is 0 Å². The quantitative estimate of drug-likeness (QED) is 0.824. The number of aromatic nitrogens is 2. The lowest BCUT2D eigenvalue weighted by molar-refractivity contribution is -0.144. The third kappa shape index (κ3) is 3.68. The summed E-state index contributed by atoms with van der Waals surface area (Å²) >= 11 is 0. The average Bonchev–Trinajstić information content (AvgIpc) is 2.30. The highest BCUT2D eigenvalue weighted by atomic mass is 19.4. The summed E-state index contributed by atoms with van der Waals surface area (Å²) in [5, 5.41) is 3.81. The lowest BCUT2D eigenvalue weighted by atomic mass is 10.1. The second-order valence-corrected chi connectivity index (χ2v) is 3.42. The van der Waals surface area contributed by atoms with Gasteiger partial charge in [0.05, 0.1) is 11.9 Å². The molecule has 14 heavy (non-hydrogen) atoms. The highest BCUT2D eigenvalue weighted by molar-refractivity contribution is 5.30. The Hall–Kier alpha value is -1.20. The third-order valence-electron chi connectivity index (χ3n) is 1.73. The van der Waals surface area contributed by atoms with Crippen LogP contribution in [0.1, 0.15) is 13.3 Å². The smallest absolute Gasteiger partial charge is 0.389 e. The molecule has 0 aliphatic carbocycles. The van der Waals surface area contributed by atoms with Crippen molar-refractivity contribution < 1.29 is 13.2 Å². The van der Waals surface area contributed by atoms with E-state index in [4.69, 9.17) is 5.73 Å². The minimum Gasteiger partial charge on any atom is -0.396 e. The lowest BCUT2D eigenvalue weighted by Gasteiger charge is -2.13. The highest BCUT2D eigenvalue weighted by Crippen LogP contribution is 2.25. The first-order valence-corrected chi connectivity index (χ1v) is 4.21. The molecule has 0 spiro atoms. The predicted octanol–water partition coefficient (Wildman–Crippen LogP) is 2.05. The van der Waals surface area contributed by atoms with Crippen molar-refractivity contribution in [3.05, 3.63) is 12.4 Å². The van der Waals surface area contributed by atoms with E-state index < -0.39 is 18.5 Å². The van der Waals surface area contributed by atoms with E-state index in [1.807, 2.05) is 0 Å². The molecule has 2 N–H and O–H groups in total.